The highest BCUT2D eigenvalue weighted by molar-refractivity contribution is 9.10. The quantitative estimate of drug-likeness (QED) is 0.237. The molecule has 4 aromatic carbocycles. The first-order valence-electron chi connectivity index (χ1n) is 11.7. The van der Waals surface area contributed by atoms with E-state index in [9.17, 15) is 0 Å². The van der Waals surface area contributed by atoms with E-state index < -0.39 is 0 Å². The number of hydrogen-bond donors (Lipinski definition) is 0. The molecule has 7 rings (SSSR count). The molecule has 0 aliphatic heterocycles. The fourth-order valence-electron chi connectivity index (χ4n) is 5.44. The molecule has 0 radical (unpaired) electrons. The Hall–Kier alpha value is -3.83. The molecule has 0 N–H and O–H groups in total. The van der Waals surface area contributed by atoms with Gasteiger partial charge in [0.05, 0.1) is 11.0 Å². The van der Waals surface area contributed by atoms with Crippen molar-refractivity contribution in [3.63, 3.8) is 0 Å². The van der Waals surface area contributed by atoms with E-state index in [1.807, 2.05) is 24.3 Å². The second-order valence-electron chi connectivity index (χ2n) is 9.57. The Balaban J connectivity index is 1.51. The third-order valence-electron chi connectivity index (χ3n) is 7.17. The number of halogens is 1. The summed E-state index contributed by atoms with van der Waals surface area (Å²) in [6.07, 6.45) is 0. The highest BCUT2D eigenvalue weighted by Crippen LogP contribution is 2.49. The summed E-state index contributed by atoms with van der Waals surface area (Å²) in [7, 11) is 0. The molecule has 1 aliphatic carbocycles. The van der Waals surface area contributed by atoms with Crippen LogP contribution in [0.5, 0.6) is 0 Å². The Morgan fingerprint density at radius 2 is 1.51 bits per heavy atom. The lowest BCUT2D eigenvalue weighted by molar-refractivity contribution is 0.660. The molecule has 0 spiro atoms. The smallest absolute Gasteiger partial charge is 0.188 e. The Morgan fingerprint density at radius 1 is 0.714 bits per heavy atom. The van der Waals surface area contributed by atoms with Crippen LogP contribution in [0.2, 0.25) is 0 Å². The van der Waals surface area contributed by atoms with Gasteiger partial charge in [-0.25, -0.2) is 4.98 Å². The van der Waals surface area contributed by atoms with Gasteiger partial charge in [-0.2, -0.15) is 0 Å². The van der Waals surface area contributed by atoms with Crippen LogP contribution >= 0.6 is 15.9 Å². The highest BCUT2D eigenvalue weighted by atomic mass is 79.9. The minimum atomic E-state index is -0.0791. The molecule has 0 bridgehead atoms. The fourth-order valence-corrected chi connectivity index (χ4v) is 5.84. The molecule has 0 atom stereocenters. The molecule has 5 heteroatoms. The molecular formula is C30H21BrN4. The van der Waals surface area contributed by atoms with E-state index in [0.717, 1.165) is 43.8 Å². The van der Waals surface area contributed by atoms with Crippen molar-refractivity contribution in [2.75, 3.05) is 0 Å². The van der Waals surface area contributed by atoms with Crippen molar-refractivity contribution in [1.29, 1.82) is 0 Å². The first-order chi connectivity index (χ1) is 17.0. The van der Waals surface area contributed by atoms with E-state index in [4.69, 9.17) is 4.98 Å². The van der Waals surface area contributed by atoms with Crippen molar-refractivity contribution in [3.8, 4) is 33.8 Å². The average Bonchev–Trinajstić information content (AvgIpc) is 3.42. The Labute approximate surface area is 211 Å². The van der Waals surface area contributed by atoms with Gasteiger partial charge in [0.15, 0.2) is 11.5 Å². The molecule has 0 unspecified atom stereocenters. The van der Waals surface area contributed by atoms with Crippen LogP contribution in [0, 0.1) is 0 Å². The normalized spacial score (nSPS) is 13.8. The second kappa shape index (κ2) is 7.33. The lowest BCUT2D eigenvalue weighted by Gasteiger charge is -2.22. The van der Waals surface area contributed by atoms with Gasteiger partial charge >= 0.3 is 0 Å². The van der Waals surface area contributed by atoms with Gasteiger partial charge in [-0.15, -0.1) is 10.2 Å². The molecular weight excluding hydrogens is 496 g/mol. The zero-order valence-electron chi connectivity index (χ0n) is 19.3. The van der Waals surface area contributed by atoms with Gasteiger partial charge in [-0.05, 0) is 52.6 Å². The maximum Gasteiger partial charge on any atom is 0.188 e. The van der Waals surface area contributed by atoms with E-state index in [-0.39, 0.29) is 5.41 Å². The van der Waals surface area contributed by atoms with E-state index in [0.29, 0.717) is 0 Å². The van der Waals surface area contributed by atoms with Gasteiger partial charge in [0.25, 0.3) is 0 Å². The summed E-state index contributed by atoms with van der Waals surface area (Å²) in [6, 6.07) is 31.7. The number of fused-ring (bicyclic) bond motifs is 6. The molecule has 35 heavy (non-hydrogen) atoms. The van der Waals surface area contributed by atoms with Crippen LogP contribution in [0.3, 0.4) is 0 Å². The van der Waals surface area contributed by atoms with Crippen molar-refractivity contribution in [1.82, 2.24) is 19.6 Å². The van der Waals surface area contributed by atoms with E-state index in [1.54, 1.807) is 0 Å². The summed E-state index contributed by atoms with van der Waals surface area (Å²) >= 11 is 3.59. The van der Waals surface area contributed by atoms with Gasteiger partial charge in [0, 0.05) is 21.0 Å². The number of para-hydroxylation sites is 2. The predicted molar refractivity (Wildman–Crippen MR) is 144 cm³/mol. The van der Waals surface area contributed by atoms with Crippen LogP contribution in [0.4, 0.5) is 0 Å². The summed E-state index contributed by atoms with van der Waals surface area (Å²) < 4.78 is 3.14. The van der Waals surface area contributed by atoms with Crippen molar-refractivity contribution >= 4 is 32.6 Å². The molecule has 1 aliphatic rings. The number of aromatic nitrogens is 4. The maximum atomic E-state index is 5.09. The van der Waals surface area contributed by atoms with Crippen molar-refractivity contribution in [2.24, 2.45) is 0 Å². The first kappa shape index (κ1) is 20.5. The Kier molecular flexibility index (Phi) is 4.30. The van der Waals surface area contributed by atoms with Crippen LogP contribution in [0.25, 0.3) is 50.5 Å². The van der Waals surface area contributed by atoms with E-state index in [1.165, 1.54) is 22.3 Å². The molecule has 0 saturated carbocycles. The van der Waals surface area contributed by atoms with Crippen molar-refractivity contribution in [2.45, 2.75) is 19.3 Å². The van der Waals surface area contributed by atoms with Gasteiger partial charge in [0.1, 0.15) is 5.69 Å². The van der Waals surface area contributed by atoms with E-state index in [2.05, 4.69) is 111 Å². The summed E-state index contributed by atoms with van der Waals surface area (Å²) in [5.41, 5.74) is 10.8. The van der Waals surface area contributed by atoms with Gasteiger partial charge in [-0.3, -0.25) is 4.40 Å². The van der Waals surface area contributed by atoms with Crippen LogP contribution in [0.1, 0.15) is 25.0 Å². The number of nitrogens with zero attached hydrogens (tertiary/aromatic N) is 4. The molecule has 0 saturated heterocycles. The third kappa shape index (κ3) is 2.94. The molecule has 168 valence electrons. The zero-order valence-corrected chi connectivity index (χ0v) is 20.9. The zero-order chi connectivity index (χ0) is 23.7. The Morgan fingerprint density at radius 3 is 2.40 bits per heavy atom. The Bertz CT molecular complexity index is 1800. The fraction of sp³-hybridized carbons (Fsp3) is 0.100. The van der Waals surface area contributed by atoms with Crippen molar-refractivity contribution in [3.05, 3.63) is 107 Å². The molecule has 4 nitrogen and oxygen atoms in total. The maximum absolute atomic E-state index is 5.09. The number of benzene rings is 4. The van der Waals surface area contributed by atoms with Crippen molar-refractivity contribution < 1.29 is 0 Å². The predicted octanol–water partition coefficient (Wildman–Crippen LogP) is 7.68. The second-order valence-corrected chi connectivity index (χ2v) is 10.5. The monoisotopic (exact) mass is 516 g/mol. The molecule has 0 amide bonds. The van der Waals surface area contributed by atoms with Crippen LogP contribution in [-0.2, 0) is 5.41 Å². The average molecular weight is 517 g/mol. The standard InChI is InChI=1S/C30H21BrN4/c1-30(2)23-11-4-3-10-21(23)22-15-14-18(17-24(22)30)27-29-34-33-28(19-8-7-9-20(31)16-19)35(29)26-13-6-5-12-25(26)32-27/h3-17H,1-2H3. The minimum absolute atomic E-state index is 0.0791. The summed E-state index contributed by atoms with van der Waals surface area (Å²) in [6.45, 7) is 4.60. The van der Waals surface area contributed by atoms with Crippen LogP contribution in [0.15, 0.2) is 95.5 Å². The SMILES string of the molecule is CC1(C)c2ccccc2-c2ccc(-c3nc4ccccc4n4c(-c5cccc(Br)c5)nnc34)cc21. The molecule has 2 heterocycles. The lowest BCUT2D eigenvalue weighted by Crippen LogP contribution is -2.15. The summed E-state index contributed by atoms with van der Waals surface area (Å²) in [4.78, 5) is 5.09. The van der Waals surface area contributed by atoms with Gasteiger partial charge in [-0.1, -0.05) is 90.4 Å². The summed E-state index contributed by atoms with van der Waals surface area (Å²) in [5, 5.41) is 9.28. The van der Waals surface area contributed by atoms with Gasteiger partial charge < -0.3 is 0 Å². The summed E-state index contributed by atoms with van der Waals surface area (Å²) in [5.74, 6) is 0.801. The highest BCUT2D eigenvalue weighted by Gasteiger charge is 2.35. The molecule has 0 fully saturated rings. The third-order valence-corrected chi connectivity index (χ3v) is 7.66. The molecule has 6 aromatic rings. The first-order valence-corrected chi connectivity index (χ1v) is 12.5. The van der Waals surface area contributed by atoms with Crippen LogP contribution < -0.4 is 0 Å². The minimum Gasteiger partial charge on any atom is -0.271 e. The van der Waals surface area contributed by atoms with E-state index >= 15 is 0 Å². The lowest BCUT2D eigenvalue weighted by atomic mass is 9.82. The number of hydrogen-bond acceptors (Lipinski definition) is 3. The largest absolute Gasteiger partial charge is 0.271 e. The number of rotatable bonds is 2. The van der Waals surface area contributed by atoms with Gasteiger partial charge in [0.2, 0.25) is 0 Å². The topological polar surface area (TPSA) is 43.1 Å². The van der Waals surface area contributed by atoms with Crippen LogP contribution in [-0.4, -0.2) is 19.6 Å². The molecule has 2 aromatic heterocycles.